The molecular formula is C19H23FN4O. The van der Waals surface area contributed by atoms with Crippen molar-refractivity contribution in [2.75, 3.05) is 44.7 Å². The second-order valence-electron chi connectivity index (χ2n) is 6.37. The Labute approximate surface area is 147 Å². The summed E-state index contributed by atoms with van der Waals surface area (Å²) in [5.41, 5.74) is 2.64. The zero-order valence-electron chi connectivity index (χ0n) is 14.5. The number of hydrogen-bond acceptors (Lipinski definition) is 5. The molecule has 2 aromatic rings. The summed E-state index contributed by atoms with van der Waals surface area (Å²) >= 11 is 0. The van der Waals surface area contributed by atoms with Crippen molar-refractivity contribution in [3.8, 4) is 6.07 Å². The third-order valence-electron chi connectivity index (χ3n) is 4.55. The second kappa shape index (κ2) is 8.24. The molecule has 1 fully saturated rings. The molecule has 0 atom stereocenters. The van der Waals surface area contributed by atoms with Crippen LogP contribution < -0.4 is 5.32 Å². The van der Waals surface area contributed by atoms with Crippen molar-refractivity contribution in [2.24, 2.45) is 0 Å². The Bertz CT molecular complexity index is 781. The standard InChI is InChI=1S/C19H23FN4O/c1-14-10-16(20)11-17-18(14)23-13-15(12-21)19(17)22-4-2-3-5-24-6-8-25-9-7-24/h10-11,13H,2-9H2,1H3,(H,22,23). The average Bonchev–Trinajstić information content (AvgIpc) is 2.62. The minimum absolute atomic E-state index is 0.308. The number of unbranched alkanes of at least 4 members (excludes halogenated alkanes) is 1. The summed E-state index contributed by atoms with van der Waals surface area (Å²) in [6.45, 7) is 7.26. The lowest BCUT2D eigenvalue weighted by atomic mass is 10.1. The first kappa shape index (κ1) is 17.6. The van der Waals surface area contributed by atoms with Gasteiger partial charge in [0.15, 0.2) is 0 Å². The van der Waals surface area contributed by atoms with Gasteiger partial charge >= 0.3 is 0 Å². The molecule has 25 heavy (non-hydrogen) atoms. The molecular weight excluding hydrogens is 319 g/mol. The van der Waals surface area contributed by atoms with Crippen LogP contribution in [0.3, 0.4) is 0 Å². The number of pyridine rings is 1. The van der Waals surface area contributed by atoms with Crippen LogP contribution in [0.15, 0.2) is 18.3 Å². The third-order valence-corrected chi connectivity index (χ3v) is 4.55. The number of halogens is 1. The van der Waals surface area contributed by atoms with Crippen LogP contribution in [0.1, 0.15) is 24.0 Å². The zero-order chi connectivity index (χ0) is 17.6. The van der Waals surface area contributed by atoms with E-state index in [1.165, 1.54) is 12.1 Å². The number of rotatable bonds is 6. The first-order chi connectivity index (χ1) is 12.2. The molecule has 0 unspecified atom stereocenters. The van der Waals surface area contributed by atoms with Crippen molar-refractivity contribution < 1.29 is 9.13 Å². The Hall–Kier alpha value is -2.23. The lowest BCUT2D eigenvalue weighted by molar-refractivity contribution is 0.0373. The number of nitrogens with zero attached hydrogens (tertiary/aromatic N) is 3. The van der Waals surface area contributed by atoms with Crippen molar-refractivity contribution in [3.63, 3.8) is 0 Å². The second-order valence-corrected chi connectivity index (χ2v) is 6.37. The van der Waals surface area contributed by atoms with Crippen molar-refractivity contribution in [1.82, 2.24) is 9.88 Å². The van der Waals surface area contributed by atoms with E-state index in [0.29, 0.717) is 16.6 Å². The molecule has 6 heteroatoms. The molecule has 2 heterocycles. The SMILES string of the molecule is Cc1cc(F)cc2c(NCCCCN3CCOCC3)c(C#N)cnc12. The van der Waals surface area contributed by atoms with Gasteiger partial charge < -0.3 is 10.1 Å². The summed E-state index contributed by atoms with van der Waals surface area (Å²) in [4.78, 5) is 6.72. The fourth-order valence-electron chi connectivity index (χ4n) is 3.21. The van der Waals surface area contributed by atoms with Gasteiger partial charge in [-0.15, -0.1) is 0 Å². The molecule has 1 aliphatic heterocycles. The molecule has 5 nitrogen and oxygen atoms in total. The monoisotopic (exact) mass is 342 g/mol. The first-order valence-corrected chi connectivity index (χ1v) is 8.72. The number of nitriles is 1. The number of morpholine rings is 1. The summed E-state index contributed by atoms with van der Waals surface area (Å²) in [5.74, 6) is -0.308. The zero-order valence-corrected chi connectivity index (χ0v) is 14.5. The van der Waals surface area contributed by atoms with E-state index in [2.05, 4.69) is 21.3 Å². The summed E-state index contributed by atoms with van der Waals surface area (Å²) in [6.07, 6.45) is 3.62. The van der Waals surface area contributed by atoms with Gasteiger partial charge in [0.25, 0.3) is 0 Å². The molecule has 1 aromatic heterocycles. The third kappa shape index (κ3) is 4.25. The molecule has 0 amide bonds. The minimum atomic E-state index is -0.308. The number of aromatic nitrogens is 1. The predicted octanol–water partition coefficient (Wildman–Crippen LogP) is 3.08. The topological polar surface area (TPSA) is 61.2 Å². The van der Waals surface area contributed by atoms with Gasteiger partial charge in [-0.05, 0) is 44.0 Å². The smallest absolute Gasteiger partial charge is 0.124 e. The number of hydrogen-bond donors (Lipinski definition) is 1. The largest absolute Gasteiger partial charge is 0.383 e. The van der Waals surface area contributed by atoms with Gasteiger partial charge in [-0.1, -0.05) is 0 Å². The van der Waals surface area contributed by atoms with E-state index in [1.54, 1.807) is 6.20 Å². The quantitative estimate of drug-likeness (QED) is 0.818. The molecule has 3 rings (SSSR count). The Morgan fingerprint density at radius 1 is 1.32 bits per heavy atom. The van der Waals surface area contributed by atoms with Crippen LogP contribution in [0.5, 0.6) is 0 Å². The van der Waals surface area contributed by atoms with E-state index in [0.717, 1.165) is 63.3 Å². The maximum absolute atomic E-state index is 13.8. The van der Waals surface area contributed by atoms with Gasteiger partial charge in [0.2, 0.25) is 0 Å². The number of benzene rings is 1. The van der Waals surface area contributed by atoms with Gasteiger partial charge in [-0.3, -0.25) is 9.88 Å². The minimum Gasteiger partial charge on any atom is -0.383 e. The predicted molar refractivity (Wildman–Crippen MR) is 96.1 cm³/mol. The van der Waals surface area contributed by atoms with Crippen molar-refractivity contribution >= 4 is 16.6 Å². The highest BCUT2D eigenvalue weighted by atomic mass is 19.1. The number of aryl methyl sites for hydroxylation is 1. The molecule has 0 spiro atoms. The molecule has 0 radical (unpaired) electrons. The molecule has 1 aliphatic rings. The van der Waals surface area contributed by atoms with Gasteiger partial charge in [0, 0.05) is 31.2 Å². The highest BCUT2D eigenvalue weighted by Gasteiger charge is 2.12. The first-order valence-electron chi connectivity index (χ1n) is 8.72. The summed E-state index contributed by atoms with van der Waals surface area (Å²) in [5, 5.41) is 13.3. The molecule has 0 bridgehead atoms. The Kier molecular flexibility index (Phi) is 5.79. The lowest BCUT2D eigenvalue weighted by Crippen LogP contribution is -2.36. The molecule has 1 saturated heterocycles. The fourth-order valence-corrected chi connectivity index (χ4v) is 3.21. The highest BCUT2D eigenvalue weighted by Crippen LogP contribution is 2.28. The number of fused-ring (bicyclic) bond motifs is 1. The fraction of sp³-hybridized carbons (Fsp3) is 0.474. The number of anilines is 1. The average molecular weight is 342 g/mol. The van der Waals surface area contributed by atoms with Gasteiger partial charge in [-0.2, -0.15) is 5.26 Å². The van der Waals surface area contributed by atoms with E-state index < -0.39 is 0 Å². The maximum atomic E-state index is 13.8. The van der Waals surface area contributed by atoms with E-state index >= 15 is 0 Å². The van der Waals surface area contributed by atoms with E-state index in [4.69, 9.17) is 4.74 Å². The van der Waals surface area contributed by atoms with Crippen LogP contribution in [0.4, 0.5) is 10.1 Å². The Morgan fingerprint density at radius 3 is 2.88 bits per heavy atom. The van der Waals surface area contributed by atoms with Crippen LogP contribution in [-0.4, -0.2) is 49.3 Å². The van der Waals surface area contributed by atoms with Crippen molar-refractivity contribution in [3.05, 3.63) is 35.3 Å². The Balaban J connectivity index is 1.65. The van der Waals surface area contributed by atoms with Gasteiger partial charge in [-0.25, -0.2) is 4.39 Å². The normalized spacial score (nSPS) is 15.2. The summed E-state index contributed by atoms with van der Waals surface area (Å²) in [6, 6.07) is 5.07. The van der Waals surface area contributed by atoms with Crippen molar-refractivity contribution in [2.45, 2.75) is 19.8 Å². The van der Waals surface area contributed by atoms with Gasteiger partial charge in [0.1, 0.15) is 11.9 Å². The van der Waals surface area contributed by atoms with Crippen LogP contribution in [0.25, 0.3) is 10.9 Å². The molecule has 0 aliphatic carbocycles. The lowest BCUT2D eigenvalue weighted by Gasteiger charge is -2.26. The number of nitrogens with one attached hydrogen (secondary N) is 1. The number of ether oxygens (including phenoxy) is 1. The van der Waals surface area contributed by atoms with Gasteiger partial charge in [0.05, 0.1) is 30.0 Å². The Morgan fingerprint density at radius 2 is 2.12 bits per heavy atom. The van der Waals surface area contributed by atoms with Crippen LogP contribution in [0, 0.1) is 24.1 Å². The van der Waals surface area contributed by atoms with E-state index in [9.17, 15) is 9.65 Å². The summed E-state index contributed by atoms with van der Waals surface area (Å²) in [7, 11) is 0. The maximum Gasteiger partial charge on any atom is 0.124 e. The molecule has 132 valence electrons. The van der Waals surface area contributed by atoms with Crippen LogP contribution in [0.2, 0.25) is 0 Å². The van der Waals surface area contributed by atoms with E-state index in [-0.39, 0.29) is 5.82 Å². The summed E-state index contributed by atoms with van der Waals surface area (Å²) < 4.78 is 19.2. The molecule has 1 N–H and O–H groups in total. The van der Waals surface area contributed by atoms with Crippen LogP contribution >= 0.6 is 0 Å². The molecule has 1 aromatic carbocycles. The highest BCUT2D eigenvalue weighted by molar-refractivity contribution is 5.95. The molecule has 0 saturated carbocycles. The van der Waals surface area contributed by atoms with Crippen LogP contribution in [-0.2, 0) is 4.74 Å². The van der Waals surface area contributed by atoms with Crippen molar-refractivity contribution in [1.29, 1.82) is 5.26 Å². The van der Waals surface area contributed by atoms with E-state index in [1.807, 2.05) is 6.92 Å².